The number of rotatable bonds is 5. The Balaban J connectivity index is 2.37. The maximum absolute atomic E-state index is 10.4. The van der Waals surface area contributed by atoms with Gasteiger partial charge in [-0.25, -0.2) is 0 Å². The summed E-state index contributed by atoms with van der Waals surface area (Å²) < 4.78 is 0.843. The van der Waals surface area contributed by atoms with Gasteiger partial charge >= 0.3 is 5.97 Å². The maximum Gasteiger partial charge on any atom is 0.317 e. The van der Waals surface area contributed by atoms with Crippen molar-refractivity contribution in [3.8, 4) is 0 Å². The Bertz CT molecular complexity index is 185. The molecule has 0 heterocycles. The standard InChI is InChI=1S/C8H12BrNO2/c1-6(9)4-10(5-8(11)12)7-2-3-7/h7H,1-5H2,(H,11,12). The number of nitrogens with zero attached hydrogens (tertiary/aromatic N) is 1. The number of carbonyl (C=O) groups is 1. The third-order valence-corrected chi connectivity index (χ3v) is 2.03. The van der Waals surface area contributed by atoms with Gasteiger partial charge in [0.2, 0.25) is 0 Å². The quantitative estimate of drug-likeness (QED) is 0.782. The van der Waals surface area contributed by atoms with Crippen LogP contribution in [0.2, 0.25) is 0 Å². The lowest BCUT2D eigenvalue weighted by Crippen LogP contribution is -2.32. The van der Waals surface area contributed by atoms with E-state index in [1.165, 1.54) is 0 Å². The molecule has 0 aliphatic heterocycles. The molecule has 0 amide bonds. The summed E-state index contributed by atoms with van der Waals surface area (Å²) in [7, 11) is 0. The Morgan fingerprint density at radius 1 is 1.58 bits per heavy atom. The first-order valence-corrected chi connectivity index (χ1v) is 4.68. The van der Waals surface area contributed by atoms with E-state index in [0.29, 0.717) is 12.6 Å². The van der Waals surface area contributed by atoms with Crippen LogP contribution < -0.4 is 0 Å². The molecular formula is C8H12BrNO2. The summed E-state index contributed by atoms with van der Waals surface area (Å²) in [5.41, 5.74) is 0. The second kappa shape index (κ2) is 4.05. The van der Waals surface area contributed by atoms with Gasteiger partial charge in [-0.1, -0.05) is 22.5 Å². The third-order valence-electron chi connectivity index (χ3n) is 1.78. The summed E-state index contributed by atoms with van der Waals surface area (Å²) in [4.78, 5) is 12.4. The number of aliphatic carboxylic acids is 1. The Hall–Kier alpha value is -0.350. The van der Waals surface area contributed by atoms with E-state index in [1.807, 2.05) is 4.90 Å². The lowest BCUT2D eigenvalue weighted by molar-refractivity contribution is -0.138. The highest BCUT2D eigenvalue weighted by atomic mass is 79.9. The molecule has 0 radical (unpaired) electrons. The van der Waals surface area contributed by atoms with Gasteiger partial charge in [-0.15, -0.1) is 0 Å². The molecule has 0 aromatic rings. The molecule has 1 aliphatic carbocycles. The van der Waals surface area contributed by atoms with Crippen molar-refractivity contribution < 1.29 is 9.90 Å². The molecule has 12 heavy (non-hydrogen) atoms. The molecule has 1 aliphatic rings. The van der Waals surface area contributed by atoms with Crippen LogP contribution in [0.3, 0.4) is 0 Å². The van der Waals surface area contributed by atoms with E-state index in [9.17, 15) is 4.79 Å². The summed E-state index contributed by atoms with van der Waals surface area (Å²) in [5, 5.41) is 8.59. The predicted molar refractivity (Wildman–Crippen MR) is 50.3 cm³/mol. The van der Waals surface area contributed by atoms with Crippen LogP contribution in [0.25, 0.3) is 0 Å². The monoisotopic (exact) mass is 233 g/mol. The highest BCUT2D eigenvalue weighted by Gasteiger charge is 2.29. The van der Waals surface area contributed by atoms with Gasteiger partial charge in [-0.2, -0.15) is 0 Å². The summed E-state index contributed by atoms with van der Waals surface area (Å²) in [6.45, 7) is 4.45. The average Bonchev–Trinajstić information content (AvgIpc) is 2.63. The van der Waals surface area contributed by atoms with Gasteiger partial charge in [0.25, 0.3) is 0 Å². The zero-order valence-corrected chi connectivity index (χ0v) is 8.38. The molecule has 0 aromatic heterocycles. The molecule has 0 unspecified atom stereocenters. The maximum atomic E-state index is 10.4. The normalized spacial score (nSPS) is 16.5. The van der Waals surface area contributed by atoms with Crippen molar-refractivity contribution in [1.82, 2.24) is 4.90 Å². The minimum absolute atomic E-state index is 0.120. The van der Waals surface area contributed by atoms with Crippen LogP contribution in [0, 0.1) is 0 Å². The highest BCUT2D eigenvalue weighted by Crippen LogP contribution is 2.27. The van der Waals surface area contributed by atoms with Crippen LogP contribution in [-0.4, -0.2) is 35.1 Å². The number of halogens is 1. The van der Waals surface area contributed by atoms with Crippen molar-refractivity contribution >= 4 is 21.9 Å². The van der Waals surface area contributed by atoms with E-state index in [4.69, 9.17) is 5.11 Å². The fourth-order valence-electron chi connectivity index (χ4n) is 1.15. The molecule has 0 saturated heterocycles. The first kappa shape index (κ1) is 9.74. The molecule has 1 fully saturated rings. The van der Waals surface area contributed by atoms with Crippen LogP contribution in [0.1, 0.15) is 12.8 Å². The van der Waals surface area contributed by atoms with Crippen molar-refractivity contribution in [2.24, 2.45) is 0 Å². The van der Waals surface area contributed by atoms with E-state index in [2.05, 4.69) is 22.5 Å². The molecule has 0 bridgehead atoms. The van der Waals surface area contributed by atoms with Crippen LogP contribution in [-0.2, 0) is 4.79 Å². The Morgan fingerprint density at radius 2 is 2.17 bits per heavy atom. The largest absolute Gasteiger partial charge is 0.480 e. The number of hydrogen-bond donors (Lipinski definition) is 1. The lowest BCUT2D eigenvalue weighted by atomic mass is 10.4. The van der Waals surface area contributed by atoms with Gasteiger partial charge < -0.3 is 5.11 Å². The zero-order chi connectivity index (χ0) is 9.14. The Kier molecular flexibility index (Phi) is 3.29. The minimum atomic E-state index is -0.768. The first-order chi connectivity index (χ1) is 5.59. The van der Waals surface area contributed by atoms with Gasteiger partial charge in [0.1, 0.15) is 0 Å². The van der Waals surface area contributed by atoms with Crippen molar-refractivity contribution in [3.63, 3.8) is 0 Å². The highest BCUT2D eigenvalue weighted by molar-refractivity contribution is 9.11. The lowest BCUT2D eigenvalue weighted by Gasteiger charge is -2.18. The van der Waals surface area contributed by atoms with Crippen molar-refractivity contribution in [1.29, 1.82) is 0 Å². The van der Waals surface area contributed by atoms with E-state index < -0.39 is 5.97 Å². The molecule has 1 rings (SSSR count). The predicted octanol–water partition coefficient (Wildman–Crippen LogP) is 1.44. The molecule has 4 heteroatoms. The summed E-state index contributed by atoms with van der Waals surface area (Å²) >= 11 is 3.23. The second-order valence-corrected chi connectivity index (χ2v) is 4.17. The molecular weight excluding hydrogens is 222 g/mol. The van der Waals surface area contributed by atoms with E-state index >= 15 is 0 Å². The van der Waals surface area contributed by atoms with Crippen LogP contribution in [0.15, 0.2) is 11.1 Å². The fourth-order valence-corrected chi connectivity index (χ4v) is 1.47. The van der Waals surface area contributed by atoms with Gasteiger partial charge in [0, 0.05) is 17.1 Å². The number of hydrogen-bond acceptors (Lipinski definition) is 2. The summed E-state index contributed by atoms with van der Waals surface area (Å²) in [6.07, 6.45) is 2.24. The third kappa shape index (κ3) is 3.36. The van der Waals surface area contributed by atoms with Crippen LogP contribution >= 0.6 is 15.9 Å². The minimum Gasteiger partial charge on any atom is -0.480 e. The van der Waals surface area contributed by atoms with E-state index in [0.717, 1.165) is 17.3 Å². The molecule has 1 N–H and O–H groups in total. The van der Waals surface area contributed by atoms with Crippen molar-refractivity contribution in [2.75, 3.05) is 13.1 Å². The SMILES string of the molecule is C=C(Br)CN(CC(=O)O)C1CC1. The topological polar surface area (TPSA) is 40.5 Å². The summed E-state index contributed by atoms with van der Waals surface area (Å²) in [6, 6.07) is 0.468. The van der Waals surface area contributed by atoms with Crippen LogP contribution in [0.5, 0.6) is 0 Å². The Morgan fingerprint density at radius 3 is 2.50 bits per heavy atom. The van der Waals surface area contributed by atoms with Gasteiger partial charge in [-0.05, 0) is 12.8 Å². The van der Waals surface area contributed by atoms with E-state index in [1.54, 1.807) is 0 Å². The number of carboxylic acid groups (broad SMARTS) is 1. The fraction of sp³-hybridized carbons (Fsp3) is 0.625. The molecule has 0 aromatic carbocycles. The Labute approximate surface area is 80.2 Å². The molecule has 0 atom stereocenters. The van der Waals surface area contributed by atoms with Gasteiger partial charge in [-0.3, -0.25) is 9.69 Å². The van der Waals surface area contributed by atoms with Gasteiger partial charge in [0.05, 0.1) is 6.54 Å². The zero-order valence-electron chi connectivity index (χ0n) is 6.79. The summed E-state index contributed by atoms with van der Waals surface area (Å²) in [5.74, 6) is -0.768. The number of carboxylic acids is 1. The molecule has 0 spiro atoms. The second-order valence-electron chi connectivity index (χ2n) is 3.05. The molecule has 68 valence electrons. The van der Waals surface area contributed by atoms with Gasteiger partial charge in [0.15, 0.2) is 0 Å². The smallest absolute Gasteiger partial charge is 0.317 e. The van der Waals surface area contributed by atoms with Crippen molar-refractivity contribution in [2.45, 2.75) is 18.9 Å². The van der Waals surface area contributed by atoms with Crippen molar-refractivity contribution in [3.05, 3.63) is 11.1 Å². The first-order valence-electron chi connectivity index (χ1n) is 3.88. The molecule has 3 nitrogen and oxygen atoms in total. The average molecular weight is 234 g/mol. The van der Waals surface area contributed by atoms with Crippen LogP contribution in [0.4, 0.5) is 0 Å². The van der Waals surface area contributed by atoms with E-state index in [-0.39, 0.29) is 6.54 Å². The molecule has 1 saturated carbocycles.